The van der Waals surface area contributed by atoms with Crippen LogP contribution in [0.1, 0.15) is 57.9 Å². The summed E-state index contributed by atoms with van der Waals surface area (Å²) in [6.45, 7) is 5.24. The van der Waals surface area contributed by atoms with Gasteiger partial charge in [-0.1, -0.05) is 45.6 Å². The van der Waals surface area contributed by atoms with Crippen LogP contribution >= 0.6 is 0 Å². The van der Waals surface area contributed by atoms with E-state index in [0.29, 0.717) is 0 Å². The van der Waals surface area contributed by atoms with Crippen molar-refractivity contribution in [3.63, 3.8) is 0 Å². The number of unbranched alkanes of at least 4 members (excludes halogenated alkanes) is 4. The number of hydrogen-bond acceptors (Lipinski definition) is 2. The van der Waals surface area contributed by atoms with Gasteiger partial charge in [0.1, 0.15) is 5.75 Å². The Balaban J connectivity index is 1.88. The van der Waals surface area contributed by atoms with Gasteiger partial charge in [-0.05, 0) is 55.2 Å². The highest BCUT2D eigenvalue weighted by Gasteiger charge is 2.01. The van der Waals surface area contributed by atoms with Crippen LogP contribution in [-0.2, 0) is 6.42 Å². The lowest BCUT2D eigenvalue weighted by Crippen LogP contribution is -1.96. The van der Waals surface area contributed by atoms with Crippen LogP contribution in [0.2, 0.25) is 0 Å². The topological polar surface area (TPSA) is 22.1 Å². The van der Waals surface area contributed by atoms with Crippen LogP contribution in [0.3, 0.4) is 0 Å². The molecule has 1 aromatic carbocycles. The molecule has 0 saturated carbocycles. The Morgan fingerprint density at radius 2 is 1.57 bits per heavy atom. The molecule has 0 N–H and O–H groups in total. The Kier molecular flexibility index (Phi) is 7.65. The maximum absolute atomic E-state index is 5.75. The molecule has 0 unspecified atom stereocenters. The second-order valence-corrected chi connectivity index (χ2v) is 6.09. The molecule has 0 spiro atoms. The lowest BCUT2D eigenvalue weighted by molar-refractivity contribution is 0.306. The molecule has 124 valence electrons. The molecule has 0 aliphatic carbocycles. The monoisotopic (exact) mass is 311 g/mol. The highest BCUT2D eigenvalue weighted by Crippen LogP contribution is 2.21. The van der Waals surface area contributed by atoms with Crippen molar-refractivity contribution in [2.75, 3.05) is 6.61 Å². The number of rotatable bonds is 10. The van der Waals surface area contributed by atoms with Gasteiger partial charge in [0.05, 0.1) is 12.3 Å². The summed E-state index contributed by atoms with van der Waals surface area (Å²) < 4.78 is 5.75. The van der Waals surface area contributed by atoms with Gasteiger partial charge >= 0.3 is 0 Å². The van der Waals surface area contributed by atoms with E-state index < -0.39 is 0 Å². The van der Waals surface area contributed by atoms with Gasteiger partial charge in [0.15, 0.2) is 0 Å². The fourth-order valence-corrected chi connectivity index (χ4v) is 2.59. The van der Waals surface area contributed by atoms with Crippen LogP contribution in [-0.4, -0.2) is 11.6 Å². The van der Waals surface area contributed by atoms with Gasteiger partial charge in [-0.15, -0.1) is 0 Å². The molecule has 2 aromatic rings. The van der Waals surface area contributed by atoms with E-state index in [1.807, 2.05) is 18.3 Å². The largest absolute Gasteiger partial charge is 0.494 e. The molecule has 2 heteroatoms. The molecule has 0 aliphatic heterocycles. The quantitative estimate of drug-likeness (QED) is 0.498. The summed E-state index contributed by atoms with van der Waals surface area (Å²) in [6, 6.07) is 12.6. The Bertz CT molecular complexity index is 545. The van der Waals surface area contributed by atoms with Gasteiger partial charge in [-0.3, -0.25) is 4.98 Å². The van der Waals surface area contributed by atoms with Crippen molar-refractivity contribution in [1.82, 2.24) is 4.98 Å². The Hall–Kier alpha value is -1.83. The minimum Gasteiger partial charge on any atom is -0.494 e. The molecule has 23 heavy (non-hydrogen) atoms. The van der Waals surface area contributed by atoms with Crippen molar-refractivity contribution in [1.29, 1.82) is 0 Å². The fourth-order valence-electron chi connectivity index (χ4n) is 2.59. The highest BCUT2D eigenvalue weighted by atomic mass is 16.5. The zero-order valence-corrected chi connectivity index (χ0v) is 14.6. The zero-order valence-electron chi connectivity index (χ0n) is 14.6. The average molecular weight is 311 g/mol. The molecule has 2 nitrogen and oxygen atoms in total. The fraction of sp³-hybridized carbons (Fsp3) is 0.476. The second kappa shape index (κ2) is 10.0. The summed E-state index contributed by atoms with van der Waals surface area (Å²) in [5.41, 5.74) is 3.51. The summed E-state index contributed by atoms with van der Waals surface area (Å²) in [6.07, 6.45) is 10.5. The van der Waals surface area contributed by atoms with Crippen LogP contribution < -0.4 is 4.74 Å². The molecule has 0 radical (unpaired) electrons. The van der Waals surface area contributed by atoms with E-state index in [-0.39, 0.29) is 0 Å². The van der Waals surface area contributed by atoms with E-state index in [4.69, 9.17) is 4.74 Å². The van der Waals surface area contributed by atoms with Crippen molar-refractivity contribution in [2.45, 2.75) is 58.8 Å². The van der Waals surface area contributed by atoms with Crippen molar-refractivity contribution in [2.24, 2.45) is 0 Å². The van der Waals surface area contributed by atoms with Gasteiger partial charge in [-0.2, -0.15) is 0 Å². The van der Waals surface area contributed by atoms with Gasteiger partial charge in [0.2, 0.25) is 0 Å². The first-order valence-electron chi connectivity index (χ1n) is 9.01. The predicted molar refractivity (Wildman–Crippen MR) is 97.9 cm³/mol. The number of aryl methyl sites for hydroxylation is 1. The van der Waals surface area contributed by atoms with E-state index in [1.54, 1.807) is 0 Å². The van der Waals surface area contributed by atoms with Gasteiger partial charge in [0, 0.05) is 11.8 Å². The molecule has 0 atom stereocenters. The second-order valence-electron chi connectivity index (χ2n) is 6.09. The minimum absolute atomic E-state index is 0.803. The SMILES string of the molecule is CCCCCOc1ccc(-c2ccc(CCCCC)cn2)cc1. The summed E-state index contributed by atoms with van der Waals surface area (Å²) in [4.78, 5) is 4.60. The van der Waals surface area contributed by atoms with Gasteiger partial charge in [0.25, 0.3) is 0 Å². The smallest absolute Gasteiger partial charge is 0.119 e. The third kappa shape index (κ3) is 6.05. The van der Waals surface area contributed by atoms with Crippen LogP contribution in [0.5, 0.6) is 5.75 Å². The molecule has 0 amide bonds. The van der Waals surface area contributed by atoms with Crippen LogP contribution in [0.4, 0.5) is 0 Å². The van der Waals surface area contributed by atoms with Gasteiger partial charge < -0.3 is 4.74 Å². The van der Waals surface area contributed by atoms with E-state index in [2.05, 4.69) is 43.1 Å². The molecular weight excluding hydrogens is 282 g/mol. The Morgan fingerprint density at radius 3 is 2.22 bits per heavy atom. The van der Waals surface area contributed by atoms with E-state index in [9.17, 15) is 0 Å². The molecule has 1 heterocycles. The predicted octanol–water partition coefficient (Wildman–Crippen LogP) is 6.05. The third-order valence-electron chi connectivity index (χ3n) is 4.06. The lowest BCUT2D eigenvalue weighted by atomic mass is 10.1. The Morgan fingerprint density at radius 1 is 0.826 bits per heavy atom. The lowest BCUT2D eigenvalue weighted by Gasteiger charge is -2.07. The molecule has 0 bridgehead atoms. The maximum Gasteiger partial charge on any atom is 0.119 e. The Labute approximate surface area is 140 Å². The number of benzene rings is 1. The van der Waals surface area contributed by atoms with Crippen LogP contribution in [0, 0.1) is 0 Å². The summed E-state index contributed by atoms with van der Waals surface area (Å²) >= 11 is 0. The van der Waals surface area contributed by atoms with E-state index >= 15 is 0 Å². The van der Waals surface area contributed by atoms with Crippen molar-refractivity contribution >= 4 is 0 Å². The van der Waals surface area contributed by atoms with E-state index in [1.165, 1.54) is 37.7 Å². The van der Waals surface area contributed by atoms with E-state index in [0.717, 1.165) is 36.5 Å². The molecule has 1 aromatic heterocycles. The van der Waals surface area contributed by atoms with Crippen LogP contribution in [0.15, 0.2) is 42.6 Å². The molecule has 0 fully saturated rings. The van der Waals surface area contributed by atoms with Crippen molar-refractivity contribution < 1.29 is 4.74 Å². The van der Waals surface area contributed by atoms with Crippen molar-refractivity contribution in [3.8, 4) is 17.0 Å². The standard InChI is InChI=1S/C21H29NO/c1-3-5-7-9-18-10-15-21(22-17-18)19-11-13-20(14-12-19)23-16-8-6-4-2/h10-15,17H,3-9,16H2,1-2H3. The zero-order chi connectivity index (χ0) is 16.3. The number of pyridine rings is 1. The first kappa shape index (κ1) is 17.5. The average Bonchev–Trinajstić information content (AvgIpc) is 2.60. The van der Waals surface area contributed by atoms with Crippen LogP contribution in [0.25, 0.3) is 11.3 Å². The third-order valence-corrected chi connectivity index (χ3v) is 4.06. The number of aromatic nitrogens is 1. The summed E-state index contributed by atoms with van der Waals surface area (Å²) in [7, 11) is 0. The highest BCUT2D eigenvalue weighted by molar-refractivity contribution is 5.60. The number of hydrogen-bond donors (Lipinski definition) is 0. The first-order chi connectivity index (χ1) is 11.3. The maximum atomic E-state index is 5.75. The minimum atomic E-state index is 0.803. The molecule has 0 aliphatic rings. The van der Waals surface area contributed by atoms with Crippen molar-refractivity contribution in [3.05, 3.63) is 48.2 Å². The molecular formula is C21H29NO. The summed E-state index contributed by atoms with van der Waals surface area (Å²) in [5, 5.41) is 0. The molecule has 2 rings (SSSR count). The first-order valence-corrected chi connectivity index (χ1v) is 9.01. The normalized spacial score (nSPS) is 10.7. The number of ether oxygens (including phenoxy) is 1. The number of nitrogens with zero attached hydrogens (tertiary/aromatic N) is 1. The van der Waals surface area contributed by atoms with Gasteiger partial charge in [-0.25, -0.2) is 0 Å². The summed E-state index contributed by atoms with van der Waals surface area (Å²) in [5.74, 6) is 0.945. The molecule has 0 saturated heterocycles.